The monoisotopic (exact) mass is 307 g/mol. The molecule has 3 aromatic carbocycles. The molecule has 3 aromatic rings. The molecule has 0 spiro atoms. The number of rotatable bonds is 2. The summed E-state index contributed by atoms with van der Waals surface area (Å²) in [6.07, 6.45) is 0. The first-order valence-electron chi connectivity index (χ1n) is 6.94. The maximum Gasteiger partial charge on any atom is 0.115 e. The van der Waals surface area contributed by atoms with Gasteiger partial charge in [-0.25, -0.2) is 0 Å². The minimum Gasteiger partial charge on any atom is -0.508 e. The van der Waals surface area contributed by atoms with Crippen LogP contribution in [0.15, 0.2) is 89.1 Å². The third-order valence-corrected chi connectivity index (χ3v) is 2.78. The van der Waals surface area contributed by atoms with Gasteiger partial charge in [0.15, 0.2) is 0 Å². The smallest absolute Gasteiger partial charge is 0.115 e. The molecule has 0 aliphatic heterocycles. The fraction of sp³-hybridized carbons (Fsp3) is 0. The van der Waals surface area contributed by atoms with E-state index in [4.69, 9.17) is 15.9 Å². The van der Waals surface area contributed by atoms with E-state index in [9.17, 15) is 0 Å². The number of hydrogen-bond donors (Lipinski definition) is 3. The lowest BCUT2D eigenvalue weighted by Crippen LogP contribution is -1.80. The van der Waals surface area contributed by atoms with Crippen molar-refractivity contribution >= 4 is 17.1 Å². The van der Waals surface area contributed by atoms with Crippen LogP contribution in [-0.2, 0) is 0 Å². The lowest BCUT2D eigenvalue weighted by atomic mass is 10.3. The molecular formula is C18H17N3O2. The maximum atomic E-state index is 9.09. The van der Waals surface area contributed by atoms with Gasteiger partial charge in [-0.1, -0.05) is 18.2 Å². The van der Waals surface area contributed by atoms with E-state index >= 15 is 0 Å². The molecule has 5 heteroatoms. The van der Waals surface area contributed by atoms with Crippen LogP contribution in [0.3, 0.4) is 0 Å². The number of phenolic OH excluding ortho intramolecular Hbond substituents is 2. The topological polar surface area (TPSA) is 91.2 Å². The first-order chi connectivity index (χ1) is 11.1. The fourth-order valence-electron chi connectivity index (χ4n) is 1.60. The molecule has 0 amide bonds. The van der Waals surface area contributed by atoms with Gasteiger partial charge in [0.2, 0.25) is 0 Å². The lowest BCUT2D eigenvalue weighted by Gasteiger charge is -1.95. The van der Waals surface area contributed by atoms with Gasteiger partial charge in [-0.3, -0.25) is 0 Å². The molecule has 0 aliphatic carbocycles. The Morgan fingerprint density at radius 3 is 1.43 bits per heavy atom. The van der Waals surface area contributed by atoms with E-state index in [2.05, 4.69) is 10.2 Å². The molecule has 0 aromatic heterocycles. The first-order valence-corrected chi connectivity index (χ1v) is 6.94. The Morgan fingerprint density at radius 2 is 1.00 bits per heavy atom. The van der Waals surface area contributed by atoms with Crippen LogP contribution in [0.1, 0.15) is 0 Å². The summed E-state index contributed by atoms with van der Waals surface area (Å²) in [5, 5.41) is 25.8. The van der Waals surface area contributed by atoms with Crippen LogP contribution >= 0.6 is 0 Å². The Labute approximate surface area is 134 Å². The van der Waals surface area contributed by atoms with E-state index in [0.717, 1.165) is 5.69 Å². The van der Waals surface area contributed by atoms with Crippen LogP contribution < -0.4 is 5.73 Å². The maximum absolute atomic E-state index is 9.09. The summed E-state index contributed by atoms with van der Waals surface area (Å²) in [6.45, 7) is 0. The van der Waals surface area contributed by atoms with Crippen LogP contribution in [0.25, 0.3) is 0 Å². The van der Waals surface area contributed by atoms with E-state index in [1.54, 1.807) is 72.8 Å². The summed E-state index contributed by atoms with van der Waals surface area (Å²) in [6, 6.07) is 22.3. The Balaban J connectivity index is 0.000000229. The Kier molecular flexibility index (Phi) is 5.71. The summed E-state index contributed by atoms with van der Waals surface area (Å²) in [4.78, 5) is 0. The van der Waals surface area contributed by atoms with Gasteiger partial charge in [-0.2, -0.15) is 10.2 Å². The molecule has 0 saturated carbocycles. The van der Waals surface area contributed by atoms with Crippen molar-refractivity contribution in [2.75, 3.05) is 5.73 Å². The molecule has 3 rings (SSSR count). The average molecular weight is 307 g/mol. The number of benzene rings is 3. The zero-order chi connectivity index (χ0) is 16.5. The Morgan fingerprint density at radius 1 is 0.565 bits per heavy atom. The van der Waals surface area contributed by atoms with Crippen LogP contribution in [0.4, 0.5) is 17.1 Å². The molecule has 0 bridgehead atoms. The quantitative estimate of drug-likeness (QED) is 0.470. The molecule has 5 nitrogen and oxygen atoms in total. The highest BCUT2D eigenvalue weighted by Gasteiger charge is 1.91. The second kappa shape index (κ2) is 8.19. The normalized spacial score (nSPS) is 10.1. The Hall–Kier alpha value is -3.34. The van der Waals surface area contributed by atoms with Crippen molar-refractivity contribution < 1.29 is 10.2 Å². The van der Waals surface area contributed by atoms with Crippen molar-refractivity contribution in [2.24, 2.45) is 10.2 Å². The zero-order valence-electron chi connectivity index (χ0n) is 12.4. The number of nitrogen functional groups attached to an aromatic ring is 1. The van der Waals surface area contributed by atoms with E-state index in [0.29, 0.717) is 17.1 Å². The van der Waals surface area contributed by atoms with Crippen molar-refractivity contribution in [1.29, 1.82) is 0 Å². The number of azo groups is 1. The SMILES string of the molecule is Nc1ccc(N=Nc2ccc(O)cc2)cc1.Oc1ccccc1. The lowest BCUT2D eigenvalue weighted by molar-refractivity contribution is 0.475. The summed E-state index contributed by atoms with van der Waals surface area (Å²) in [5.74, 6) is 0.536. The Bertz CT molecular complexity index is 692. The van der Waals surface area contributed by atoms with Crippen LogP contribution in [0, 0.1) is 0 Å². The number of hydrogen-bond acceptors (Lipinski definition) is 5. The fourth-order valence-corrected chi connectivity index (χ4v) is 1.60. The van der Waals surface area contributed by atoms with E-state index in [-0.39, 0.29) is 5.75 Å². The molecular weight excluding hydrogens is 290 g/mol. The molecule has 0 atom stereocenters. The van der Waals surface area contributed by atoms with Gasteiger partial charge in [0.25, 0.3) is 0 Å². The molecule has 0 aliphatic rings. The predicted molar refractivity (Wildman–Crippen MR) is 91.2 cm³/mol. The molecule has 0 saturated heterocycles. The predicted octanol–water partition coefficient (Wildman–Crippen LogP) is 4.78. The highest BCUT2D eigenvalue weighted by atomic mass is 16.3. The zero-order valence-corrected chi connectivity index (χ0v) is 12.4. The summed E-state index contributed by atoms with van der Waals surface area (Å²) in [7, 11) is 0. The van der Waals surface area contributed by atoms with Gasteiger partial charge in [0, 0.05) is 5.69 Å². The molecule has 0 heterocycles. The molecule has 0 radical (unpaired) electrons. The minimum absolute atomic E-state index is 0.214. The number of phenols is 2. The molecule has 0 fully saturated rings. The molecule has 4 N–H and O–H groups in total. The third-order valence-electron chi connectivity index (χ3n) is 2.78. The average Bonchev–Trinajstić information content (AvgIpc) is 2.57. The highest BCUT2D eigenvalue weighted by Crippen LogP contribution is 2.20. The van der Waals surface area contributed by atoms with E-state index in [1.807, 2.05) is 6.07 Å². The van der Waals surface area contributed by atoms with Gasteiger partial charge in [0.05, 0.1) is 11.4 Å². The number of para-hydroxylation sites is 1. The number of nitrogens with zero attached hydrogens (tertiary/aromatic N) is 2. The van der Waals surface area contributed by atoms with Crippen molar-refractivity contribution in [1.82, 2.24) is 0 Å². The van der Waals surface area contributed by atoms with Gasteiger partial charge in [-0.05, 0) is 60.7 Å². The van der Waals surface area contributed by atoms with Crippen LogP contribution in [-0.4, -0.2) is 10.2 Å². The second-order valence-electron chi connectivity index (χ2n) is 4.64. The molecule has 0 unspecified atom stereocenters. The first kappa shape index (κ1) is 16.0. The summed E-state index contributed by atoms with van der Waals surface area (Å²) in [5.41, 5.74) is 7.68. The van der Waals surface area contributed by atoms with Crippen molar-refractivity contribution in [3.8, 4) is 11.5 Å². The summed E-state index contributed by atoms with van der Waals surface area (Å²) >= 11 is 0. The van der Waals surface area contributed by atoms with Crippen molar-refractivity contribution in [3.63, 3.8) is 0 Å². The van der Waals surface area contributed by atoms with E-state index < -0.39 is 0 Å². The van der Waals surface area contributed by atoms with Crippen molar-refractivity contribution in [2.45, 2.75) is 0 Å². The number of aromatic hydroxyl groups is 2. The van der Waals surface area contributed by atoms with Gasteiger partial charge in [-0.15, -0.1) is 0 Å². The van der Waals surface area contributed by atoms with Crippen LogP contribution in [0.5, 0.6) is 11.5 Å². The van der Waals surface area contributed by atoms with Crippen LogP contribution in [0.2, 0.25) is 0 Å². The number of anilines is 1. The highest BCUT2D eigenvalue weighted by molar-refractivity contribution is 5.48. The molecule has 23 heavy (non-hydrogen) atoms. The van der Waals surface area contributed by atoms with Crippen molar-refractivity contribution in [3.05, 3.63) is 78.9 Å². The second-order valence-corrected chi connectivity index (χ2v) is 4.64. The van der Waals surface area contributed by atoms with Gasteiger partial charge >= 0.3 is 0 Å². The minimum atomic E-state index is 0.214. The largest absolute Gasteiger partial charge is 0.508 e. The molecule has 116 valence electrons. The number of nitrogens with two attached hydrogens (primary N) is 1. The van der Waals surface area contributed by atoms with Gasteiger partial charge in [0.1, 0.15) is 11.5 Å². The van der Waals surface area contributed by atoms with Gasteiger partial charge < -0.3 is 15.9 Å². The summed E-state index contributed by atoms with van der Waals surface area (Å²) < 4.78 is 0. The third kappa shape index (κ3) is 5.89. The van der Waals surface area contributed by atoms with E-state index in [1.165, 1.54) is 0 Å². The standard InChI is InChI=1S/C12H11N3O.C6H6O/c13-9-1-3-10(4-2-9)14-15-11-5-7-12(16)8-6-11;7-6-4-2-1-3-5-6/h1-8,16H,13H2;1-5,7H.